The van der Waals surface area contributed by atoms with Gasteiger partial charge >= 0.3 is 12.8 Å². The van der Waals surface area contributed by atoms with Gasteiger partial charge in [0.2, 0.25) is 0 Å². The lowest BCUT2D eigenvalue weighted by atomic mass is 10.1. The molecule has 0 saturated carbocycles. The van der Waals surface area contributed by atoms with E-state index in [4.69, 9.17) is 5.11 Å². The smallest absolute Gasteiger partial charge is 0.418 e. The number of alkyl halides is 5. The summed E-state index contributed by atoms with van der Waals surface area (Å²) in [7, 11) is 0. The molecule has 0 saturated heterocycles. The summed E-state index contributed by atoms with van der Waals surface area (Å²) in [6.45, 7) is -1.73. The van der Waals surface area contributed by atoms with Crippen molar-refractivity contribution < 1.29 is 31.8 Å². The lowest BCUT2D eigenvalue weighted by Gasteiger charge is -2.16. The summed E-state index contributed by atoms with van der Waals surface area (Å²) in [5.41, 5.74) is -0.290. The first-order valence-corrected chi connectivity index (χ1v) is 4.52. The monoisotopic (exact) mass is 256 g/mol. The maximum Gasteiger partial charge on any atom is 0.418 e. The molecular formula is C10H9F5O2. The third-order valence-electron chi connectivity index (χ3n) is 2.05. The molecule has 0 aliphatic rings. The minimum absolute atomic E-state index is 0.253. The summed E-state index contributed by atoms with van der Waals surface area (Å²) in [6, 6.07) is 2.92. The Labute approximate surface area is 93.6 Å². The van der Waals surface area contributed by atoms with Gasteiger partial charge in [0.15, 0.2) is 6.10 Å². The fraction of sp³-hybridized carbons (Fsp3) is 0.400. The van der Waals surface area contributed by atoms with Gasteiger partial charge in [-0.3, -0.25) is 0 Å². The zero-order valence-electron chi connectivity index (χ0n) is 8.63. The highest BCUT2D eigenvalue weighted by Gasteiger charge is 2.39. The van der Waals surface area contributed by atoms with E-state index in [-0.39, 0.29) is 11.3 Å². The Bertz CT molecular complexity index is 389. The van der Waals surface area contributed by atoms with Gasteiger partial charge in [-0.2, -0.15) is 22.0 Å². The van der Waals surface area contributed by atoms with Crippen LogP contribution in [0.3, 0.4) is 0 Å². The Morgan fingerprint density at radius 3 is 2.29 bits per heavy atom. The summed E-state index contributed by atoms with van der Waals surface area (Å²) in [5.74, 6) is -0.388. The SMILES string of the molecule is Cc1ccc(C(O)C(F)(F)F)cc1OC(F)F. The number of aliphatic hydroxyl groups is 1. The van der Waals surface area contributed by atoms with E-state index in [1.54, 1.807) is 0 Å². The van der Waals surface area contributed by atoms with Crippen molar-refractivity contribution in [3.63, 3.8) is 0 Å². The largest absolute Gasteiger partial charge is 0.435 e. The molecule has 0 bridgehead atoms. The van der Waals surface area contributed by atoms with Crippen LogP contribution >= 0.6 is 0 Å². The molecule has 1 atom stereocenters. The van der Waals surface area contributed by atoms with Crippen LogP contribution in [0, 0.1) is 6.92 Å². The van der Waals surface area contributed by atoms with Crippen LogP contribution in [0.5, 0.6) is 5.75 Å². The number of hydrogen-bond acceptors (Lipinski definition) is 2. The highest BCUT2D eigenvalue weighted by molar-refractivity contribution is 5.37. The average Bonchev–Trinajstić information content (AvgIpc) is 2.18. The van der Waals surface area contributed by atoms with Gasteiger partial charge in [-0.15, -0.1) is 0 Å². The molecule has 2 nitrogen and oxygen atoms in total. The van der Waals surface area contributed by atoms with E-state index in [0.29, 0.717) is 0 Å². The normalized spacial score (nSPS) is 13.9. The van der Waals surface area contributed by atoms with E-state index in [2.05, 4.69) is 4.74 Å². The topological polar surface area (TPSA) is 29.5 Å². The van der Waals surface area contributed by atoms with Crippen LogP contribution in [0.2, 0.25) is 0 Å². The third-order valence-corrected chi connectivity index (χ3v) is 2.05. The van der Waals surface area contributed by atoms with Crippen LogP contribution in [0.25, 0.3) is 0 Å². The molecule has 0 amide bonds. The van der Waals surface area contributed by atoms with Crippen molar-refractivity contribution in [2.45, 2.75) is 25.8 Å². The van der Waals surface area contributed by atoms with Crippen LogP contribution in [0.1, 0.15) is 17.2 Å². The van der Waals surface area contributed by atoms with E-state index in [9.17, 15) is 22.0 Å². The van der Waals surface area contributed by atoms with Crippen molar-refractivity contribution in [1.29, 1.82) is 0 Å². The molecule has 0 spiro atoms. The predicted molar refractivity (Wildman–Crippen MR) is 48.8 cm³/mol. The van der Waals surface area contributed by atoms with E-state index >= 15 is 0 Å². The fourth-order valence-corrected chi connectivity index (χ4v) is 1.20. The van der Waals surface area contributed by atoms with Crippen LogP contribution in [0.15, 0.2) is 18.2 Å². The Balaban J connectivity index is 3.04. The Morgan fingerprint density at radius 1 is 1.24 bits per heavy atom. The zero-order valence-corrected chi connectivity index (χ0v) is 8.63. The van der Waals surface area contributed by atoms with Gasteiger partial charge in [0.25, 0.3) is 0 Å². The second-order valence-electron chi connectivity index (χ2n) is 3.35. The summed E-state index contributed by atoms with van der Waals surface area (Å²) >= 11 is 0. The minimum Gasteiger partial charge on any atom is -0.435 e. The number of rotatable bonds is 3. The maximum atomic E-state index is 12.2. The number of benzene rings is 1. The quantitative estimate of drug-likeness (QED) is 0.841. The number of aliphatic hydroxyl groups excluding tert-OH is 1. The molecule has 17 heavy (non-hydrogen) atoms. The second-order valence-corrected chi connectivity index (χ2v) is 3.35. The standard InChI is InChI=1S/C10H9F5O2/c1-5-2-3-6(8(16)10(13,14)15)4-7(5)17-9(11)12/h2-4,8-9,16H,1H3. The molecule has 0 aliphatic heterocycles. The van der Waals surface area contributed by atoms with Gasteiger partial charge < -0.3 is 9.84 Å². The molecule has 0 fully saturated rings. The average molecular weight is 256 g/mol. The summed E-state index contributed by atoms with van der Waals surface area (Å²) in [4.78, 5) is 0. The fourth-order valence-electron chi connectivity index (χ4n) is 1.20. The molecule has 0 heterocycles. The van der Waals surface area contributed by atoms with E-state index in [1.165, 1.54) is 13.0 Å². The summed E-state index contributed by atoms with van der Waals surface area (Å²) in [5, 5.41) is 8.94. The van der Waals surface area contributed by atoms with Crippen molar-refractivity contribution in [2.24, 2.45) is 0 Å². The highest BCUT2D eigenvalue weighted by atomic mass is 19.4. The highest BCUT2D eigenvalue weighted by Crippen LogP contribution is 2.34. The molecule has 7 heteroatoms. The Kier molecular flexibility index (Phi) is 3.92. The van der Waals surface area contributed by atoms with E-state index in [0.717, 1.165) is 12.1 Å². The maximum absolute atomic E-state index is 12.2. The van der Waals surface area contributed by atoms with Crippen molar-refractivity contribution in [2.75, 3.05) is 0 Å². The summed E-state index contributed by atoms with van der Waals surface area (Å²) < 4.78 is 64.5. The molecule has 1 aromatic rings. The van der Waals surface area contributed by atoms with Gasteiger partial charge in [0.1, 0.15) is 5.75 Å². The molecule has 0 aliphatic carbocycles. The zero-order chi connectivity index (χ0) is 13.2. The number of hydrogen-bond donors (Lipinski definition) is 1. The molecule has 96 valence electrons. The first-order valence-electron chi connectivity index (χ1n) is 4.52. The lowest BCUT2D eigenvalue weighted by molar-refractivity contribution is -0.206. The third kappa shape index (κ3) is 3.55. The van der Waals surface area contributed by atoms with Gasteiger partial charge in [-0.1, -0.05) is 12.1 Å². The van der Waals surface area contributed by atoms with Crippen LogP contribution in [-0.2, 0) is 0 Å². The first kappa shape index (κ1) is 13.7. The van der Waals surface area contributed by atoms with Crippen molar-refractivity contribution in [1.82, 2.24) is 0 Å². The molecule has 1 rings (SSSR count). The number of halogens is 5. The van der Waals surface area contributed by atoms with Gasteiger partial charge in [0, 0.05) is 0 Å². The molecular weight excluding hydrogens is 247 g/mol. The molecule has 1 aromatic carbocycles. The van der Waals surface area contributed by atoms with Crippen molar-refractivity contribution >= 4 is 0 Å². The van der Waals surface area contributed by atoms with E-state index < -0.39 is 24.5 Å². The predicted octanol–water partition coefficient (Wildman–Crippen LogP) is 3.19. The summed E-state index contributed by atoms with van der Waals surface area (Å²) in [6.07, 6.45) is -7.57. The Hall–Kier alpha value is -1.37. The van der Waals surface area contributed by atoms with Gasteiger partial charge in [-0.25, -0.2) is 0 Å². The second kappa shape index (κ2) is 4.87. The first-order chi connectivity index (χ1) is 7.71. The lowest BCUT2D eigenvalue weighted by Crippen LogP contribution is -2.20. The van der Waals surface area contributed by atoms with Gasteiger partial charge in [0.05, 0.1) is 0 Å². The van der Waals surface area contributed by atoms with Crippen LogP contribution < -0.4 is 4.74 Å². The molecule has 0 radical (unpaired) electrons. The van der Waals surface area contributed by atoms with Crippen LogP contribution in [-0.4, -0.2) is 17.9 Å². The van der Waals surface area contributed by atoms with Crippen molar-refractivity contribution in [3.05, 3.63) is 29.3 Å². The number of ether oxygens (including phenoxy) is 1. The van der Waals surface area contributed by atoms with E-state index in [1.807, 2.05) is 0 Å². The number of aryl methyl sites for hydroxylation is 1. The minimum atomic E-state index is -4.85. The molecule has 1 N–H and O–H groups in total. The van der Waals surface area contributed by atoms with Gasteiger partial charge in [-0.05, 0) is 24.1 Å². The Morgan fingerprint density at radius 2 is 1.82 bits per heavy atom. The molecule has 0 aromatic heterocycles. The van der Waals surface area contributed by atoms with Crippen LogP contribution in [0.4, 0.5) is 22.0 Å². The molecule has 1 unspecified atom stereocenters. The van der Waals surface area contributed by atoms with Crippen molar-refractivity contribution in [3.8, 4) is 5.75 Å².